The summed E-state index contributed by atoms with van der Waals surface area (Å²) in [6.45, 7) is 4.26. The van der Waals surface area contributed by atoms with E-state index in [0.717, 1.165) is 5.56 Å². The summed E-state index contributed by atoms with van der Waals surface area (Å²) >= 11 is 0. The highest BCUT2D eigenvalue weighted by molar-refractivity contribution is 5.13. The highest BCUT2D eigenvalue weighted by atomic mass is 16.6. The minimum atomic E-state index is -0.927. The first kappa shape index (κ1) is 13.2. The summed E-state index contributed by atoms with van der Waals surface area (Å²) in [6, 6.07) is 9.76. The third-order valence-corrected chi connectivity index (χ3v) is 3.03. The summed E-state index contributed by atoms with van der Waals surface area (Å²) in [6.07, 6.45) is -1.39. The molecule has 0 radical (unpaired) electrons. The van der Waals surface area contributed by atoms with Gasteiger partial charge in [-0.05, 0) is 5.56 Å². The fourth-order valence-electron chi connectivity index (χ4n) is 1.98. The Balaban J connectivity index is 1.79. The summed E-state index contributed by atoms with van der Waals surface area (Å²) in [5, 5.41) is 19.4. The molecule has 1 fully saturated rings. The first-order valence-electron chi connectivity index (χ1n) is 5.98. The van der Waals surface area contributed by atoms with Gasteiger partial charge in [-0.15, -0.1) is 6.58 Å². The number of benzene rings is 1. The van der Waals surface area contributed by atoms with Crippen LogP contribution in [0.1, 0.15) is 5.56 Å². The third kappa shape index (κ3) is 2.97. The maximum absolute atomic E-state index is 9.75. The average molecular weight is 250 g/mol. The van der Waals surface area contributed by atoms with Gasteiger partial charge in [0, 0.05) is 0 Å². The molecule has 1 aromatic carbocycles. The Morgan fingerprint density at radius 2 is 1.94 bits per heavy atom. The Bertz CT molecular complexity index is 379. The van der Waals surface area contributed by atoms with Crippen LogP contribution < -0.4 is 0 Å². The van der Waals surface area contributed by atoms with Crippen molar-refractivity contribution in [3.8, 4) is 0 Å². The normalized spacial score (nSPS) is 31.4. The largest absolute Gasteiger partial charge is 0.387 e. The molecule has 18 heavy (non-hydrogen) atoms. The van der Waals surface area contributed by atoms with Gasteiger partial charge in [0.15, 0.2) is 0 Å². The van der Waals surface area contributed by atoms with Crippen molar-refractivity contribution in [2.24, 2.45) is 0 Å². The highest BCUT2D eigenvalue weighted by Crippen LogP contribution is 2.22. The molecule has 1 aliphatic rings. The topological polar surface area (TPSA) is 58.9 Å². The third-order valence-electron chi connectivity index (χ3n) is 3.03. The minimum absolute atomic E-state index is 0.247. The van der Waals surface area contributed by atoms with Crippen LogP contribution in [0.25, 0.3) is 0 Å². The second-order valence-electron chi connectivity index (χ2n) is 4.36. The molecular formula is C14H18O4. The second-order valence-corrected chi connectivity index (χ2v) is 4.36. The summed E-state index contributed by atoms with van der Waals surface area (Å²) in [7, 11) is 0. The van der Waals surface area contributed by atoms with Crippen LogP contribution in [0.15, 0.2) is 43.0 Å². The first-order chi connectivity index (χ1) is 8.72. The van der Waals surface area contributed by atoms with Crippen LogP contribution in [0.5, 0.6) is 0 Å². The minimum Gasteiger partial charge on any atom is -0.387 e. The number of aliphatic hydroxyl groups excluding tert-OH is 2. The molecule has 1 saturated heterocycles. The number of hydrogen-bond acceptors (Lipinski definition) is 4. The summed E-state index contributed by atoms with van der Waals surface area (Å²) < 4.78 is 10.9. The first-order valence-corrected chi connectivity index (χ1v) is 5.98. The van der Waals surface area contributed by atoms with E-state index < -0.39 is 24.4 Å². The van der Waals surface area contributed by atoms with Gasteiger partial charge in [0.25, 0.3) is 0 Å². The summed E-state index contributed by atoms with van der Waals surface area (Å²) in [5.74, 6) is 0. The molecule has 2 N–H and O–H groups in total. The van der Waals surface area contributed by atoms with Gasteiger partial charge in [-0.1, -0.05) is 36.4 Å². The highest BCUT2D eigenvalue weighted by Gasteiger charge is 2.41. The molecule has 4 nitrogen and oxygen atoms in total. The van der Waals surface area contributed by atoms with E-state index in [1.165, 1.54) is 6.08 Å². The van der Waals surface area contributed by atoms with E-state index in [-0.39, 0.29) is 6.61 Å². The monoisotopic (exact) mass is 250 g/mol. The lowest BCUT2D eigenvalue weighted by molar-refractivity contribution is -0.0410. The molecule has 0 amide bonds. The molecule has 4 heteroatoms. The van der Waals surface area contributed by atoms with Gasteiger partial charge in [0.05, 0.1) is 13.2 Å². The predicted octanol–water partition coefficient (Wildman–Crippen LogP) is 0.878. The molecular weight excluding hydrogens is 232 g/mol. The Labute approximate surface area is 106 Å². The van der Waals surface area contributed by atoms with E-state index in [1.807, 2.05) is 30.3 Å². The van der Waals surface area contributed by atoms with E-state index in [1.54, 1.807) is 0 Å². The van der Waals surface area contributed by atoms with Crippen molar-refractivity contribution in [1.29, 1.82) is 0 Å². The van der Waals surface area contributed by atoms with Gasteiger partial charge >= 0.3 is 0 Å². The lowest BCUT2D eigenvalue weighted by atomic mass is 10.1. The zero-order valence-corrected chi connectivity index (χ0v) is 10.1. The van der Waals surface area contributed by atoms with E-state index in [9.17, 15) is 10.2 Å². The van der Waals surface area contributed by atoms with Gasteiger partial charge in [-0.2, -0.15) is 0 Å². The maximum atomic E-state index is 9.75. The molecule has 0 spiro atoms. The van der Waals surface area contributed by atoms with E-state index >= 15 is 0 Å². The lowest BCUT2D eigenvalue weighted by Gasteiger charge is -2.14. The quantitative estimate of drug-likeness (QED) is 0.762. The van der Waals surface area contributed by atoms with Crippen LogP contribution in [-0.4, -0.2) is 41.2 Å². The van der Waals surface area contributed by atoms with E-state index in [0.29, 0.717) is 6.61 Å². The van der Waals surface area contributed by atoms with Crippen LogP contribution in [0.2, 0.25) is 0 Å². The van der Waals surface area contributed by atoms with Crippen LogP contribution in [0.4, 0.5) is 0 Å². The number of aliphatic hydroxyl groups is 2. The van der Waals surface area contributed by atoms with Crippen molar-refractivity contribution in [3.05, 3.63) is 48.6 Å². The predicted molar refractivity (Wildman–Crippen MR) is 67.0 cm³/mol. The van der Waals surface area contributed by atoms with Crippen LogP contribution >= 0.6 is 0 Å². The Morgan fingerprint density at radius 3 is 2.56 bits per heavy atom. The molecule has 4 atom stereocenters. The Kier molecular flexibility index (Phi) is 4.49. The van der Waals surface area contributed by atoms with Crippen molar-refractivity contribution >= 4 is 0 Å². The maximum Gasteiger partial charge on any atom is 0.112 e. The zero-order chi connectivity index (χ0) is 13.0. The molecule has 1 aromatic rings. The zero-order valence-electron chi connectivity index (χ0n) is 10.1. The number of hydrogen-bond donors (Lipinski definition) is 2. The van der Waals surface area contributed by atoms with E-state index in [4.69, 9.17) is 9.47 Å². The summed E-state index contributed by atoms with van der Waals surface area (Å²) in [4.78, 5) is 0. The van der Waals surface area contributed by atoms with Crippen LogP contribution in [-0.2, 0) is 16.1 Å². The van der Waals surface area contributed by atoms with Gasteiger partial charge in [0.1, 0.15) is 24.4 Å². The summed E-state index contributed by atoms with van der Waals surface area (Å²) in [5.41, 5.74) is 1.06. The molecule has 1 aliphatic heterocycles. The van der Waals surface area contributed by atoms with Gasteiger partial charge in [-0.25, -0.2) is 0 Å². The fourth-order valence-corrected chi connectivity index (χ4v) is 1.98. The SMILES string of the molecule is C=C[C@H]1O[C@H](COCc2ccccc2)[C@@H](O)[C@H]1O. The van der Waals surface area contributed by atoms with Gasteiger partial charge < -0.3 is 19.7 Å². The molecule has 0 bridgehead atoms. The van der Waals surface area contributed by atoms with Gasteiger partial charge in [-0.3, -0.25) is 0 Å². The fraction of sp³-hybridized carbons (Fsp3) is 0.429. The lowest BCUT2D eigenvalue weighted by Crippen LogP contribution is -2.34. The van der Waals surface area contributed by atoms with Crippen LogP contribution in [0.3, 0.4) is 0 Å². The standard InChI is InChI=1S/C14H18O4/c1-2-11-13(15)14(16)12(18-11)9-17-8-10-6-4-3-5-7-10/h2-7,11-16H,1,8-9H2/t11-,12-,13+,14-/m1/s1. The molecule has 98 valence electrons. The number of rotatable bonds is 5. The van der Waals surface area contributed by atoms with Crippen molar-refractivity contribution in [2.45, 2.75) is 31.0 Å². The van der Waals surface area contributed by atoms with E-state index in [2.05, 4.69) is 6.58 Å². The molecule has 0 unspecified atom stereocenters. The Morgan fingerprint density at radius 1 is 1.22 bits per heavy atom. The molecule has 2 rings (SSSR count). The average Bonchev–Trinajstić information content (AvgIpc) is 2.68. The Hall–Kier alpha value is -1.20. The second kappa shape index (κ2) is 6.11. The molecule has 0 aliphatic carbocycles. The molecule has 0 aromatic heterocycles. The van der Waals surface area contributed by atoms with Crippen LogP contribution in [0, 0.1) is 0 Å². The number of ether oxygens (including phenoxy) is 2. The van der Waals surface area contributed by atoms with Gasteiger partial charge in [0.2, 0.25) is 0 Å². The smallest absolute Gasteiger partial charge is 0.112 e. The van der Waals surface area contributed by atoms with Crippen molar-refractivity contribution < 1.29 is 19.7 Å². The van der Waals surface area contributed by atoms with Crippen molar-refractivity contribution in [2.75, 3.05) is 6.61 Å². The van der Waals surface area contributed by atoms with Crippen molar-refractivity contribution in [3.63, 3.8) is 0 Å². The van der Waals surface area contributed by atoms with Crippen molar-refractivity contribution in [1.82, 2.24) is 0 Å². The molecule has 0 saturated carbocycles. The molecule has 1 heterocycles.